The predicted octanol–water partition coefficient (Wildman–Crippen LogP) is 2.74. The molecule has 1 saturated carbocycles. The molecular formula is C12H16BrFN2O. The van der Waals surface area contributed by atoms with Crippen molar-refractivity contribution < 1.29 is 9.50 Å². The van der Waals surface area contributed by atoms with E-state index in [1.54, 1.807) is 6.07 Å². The van der Waals surface area contributed by atoms with E-state index in [9.17, 15) is 4.39 Å². The van der Waals surface area contributed by atoms with Gasteiger partial charge in [-0.1, -0.05) is 0 Å². The van der Waals surface area contributed by atoms with Crippen LogP contribution in [0.2, 0.25) is 0 Å². The third-order valence-electron chi connectivity index (χ3n) is 3.35. The first-order valence-electron chi connectivity index (χ1n) is 5.66. The second-order valence-electron chi connectivity index (χ2n) is 4.68. The van der Waals surface area contributed by atoms with Gasteiger partial charge in [-0.25, -0.2) is 4.39 Å². The van der Waals surface area contributed by atoms with Gasteiger partial charge in [-0.05, 0) is 46.7 Å². The van der Waals surface area contributed by atoms with E-state index in [0.29, 0.717) is 15.8 Å². The van der Waals surface area contributed by atoms with Gasteiger partial charge < -0.3 is 16.2 Å². The van der Waals surface area contributed by atoms with Crippen molar-refractivity contribution in [1.29, 1.82) is 0 Å². The number of benzene rings is 1. The molecule has 0 unspecified atom stereocenters. The second kappa shape index (κ2) is 4.82. The van der Waals surface area contributed by atoms with Crippen molar-refractivity contribution in [3.05, 3.63) is 22.4 Å². The molecule has 1 aliphatic carbocycles. The van der Waals surface area contributed by atoms with Gasteiger partial charge >= 0.3 is 0 Å². The summed E-state index contributed by atoms with van der Waals surface area (Å²) in [7, 11) is 0. The third-order valence-corrected chi connectivity index (χ3v) is 3.95. The molecule has 1 aliphatic rings. The summed E-state index contributed by atoms with van der Waals surface area (Å²) in [5, 5.41) is 12.1. The molecule has 94 valence electrons. The monoisotopic (exact) mass is 302 g/mol. The predicted molar refractivity (Wildman–Crippen MR) is 70.4 cm³/mol. The average molecular weight is 303 g/mol. The lowest BCUT2D eigenvalue weighted by Gasteiger charge is -2.17. The maximum Gasteiger partial charge on any atom is 0.139 e. The second-order valence-corrected chi connectivity index (χ2v) is 5.54. The summed E-state index contributed by atoms with van der Waals surface area (Å²) in [4.78, 5) is 0. The van der Waals surface area contributed by atoms with Crippen LogP contribution in [0.5, 0.6) is 0 Å². The molecule has 0 heterocycles. The van der Waals surface area contributed by atoms with Gasteiger partial charge in [0.1, 0.15) is 5.82 Å². The summed E-state index contributed by atoms with van der Waals surface area (Å²) in [6.07, 6.45) is 3.01. The SMILES string of the molecule is Nc1cc(Br)c(F)cc1NCC1(CCO)CC1. The molecule has 3 nitrogen and oxygen atoms in total. The van der Waals surface area contributed by atoms with Gasteiger partial charge in [-0.2, -0.15) is 0 Å². The Balaban J connectivity index is 2.02. The van der Waals surface area contributed by atoms with E-state index >= 15 is 0 Å². The highest BCUT2D eigenvalue weighted by Gasteiger charge is 2.41. The minimum Gasteiger partial charge on any atom is -0.397 e. The minimum atomic E-state index is -0.325. The summed E-state index contributed by atoms with van der Waals surface area (Å²) >= 11 is 3.09. The number of nitrogens with one attached hydrogen (secondary N) is 1. The maximum absolute atomic E-state index is 13.4. The van der Waals surface area contributed by atoms with Crippen LogP contribution in [-0.4, -0.2) is 18.3 Å². The van der Waals surface area contributed by atoms with Crippen LogP contribution >= 0.6 is 15.9 Å². The van der Waals surface area contributed by atoms with Crippen molar-refractivity contribution in [2.45, 2.75) is 19.3 Å². The Bertz CT molecular complexity index is 421. The van der Waals surface area contributed by atoms with Gasteiger partial charge in [0.15, 0.2) is 0 Å². The molecule has 0 spiro atoms. The molecule has 0 bridgehead atoms. The molecule has 4 N–H and O–H groups in total. The summed E-state index contributed by atoms with van der Waals surface area (Å²) in [6, 6.07) is 2.96. The van der Waals surface area contributed by atoms with Crippen LogP contribution in [0.15, 0.2) is 16.6 Å². The van der Waals surface area contributed by atoms with Crippen LogP contribution in [0.1, 0.15) is 19.3 Å². The highest BCUT2D eigenvalue weighted by molar-refractivity contribution is 9.10. The number of hydrogen-bond donors (Lipinski definition) is 3. The van der Waals surface area contributed by atoms with Crippen molar-refractivity contribution in [1.82, 2.24) is 0 Å². The molecule has 0 saturated heterocycles. The standard InChI is InChI=1S/C12H16BrFN2O/c13-8-5-10(15)11(6-9(8)14)16-7-12(1-2-12)3-4-17/h5-6,16-17H,1-4,7,15H2. The number of halogens is 2. The topological polar surface area (TPSA) is 58.3 Å². The van der Waals surface area contributed by atoms with Gasteiger partial charge in [-0.15, -0.1) is 0 Å². The molecule has 0 aromatic heterocycles. The number of nitrogens with two attached hydrogens (primary N) is 1. The number of rotatable bonds is 5. The largest absolute Gasteiger partial charge is 0.397 e. The van der Waals surface area contributed by atoms with Crippen molar-refractivity contribution in [2.24, 2.45) is 5.41 Å². The fourth-order valence-corrected chi connectivity index (χ4v) is 2.29. The summed E-state index contributed by atoms with van der Waals surface area (Å²) in [6.45, 7) is 0.935. The Kier molecular flexibility index (Phi) is 3.58. The van der Waals surface area contributed by atoms with E-state index in [1.807, 2.05) is 0 Å². The van der Waals surface area contributed by atoms with E-state index in [0.717, 1.165) is 25.8 Å². The van der Waals surface area contributed by atoms with Gasteiger partial charge in [0.2, 0.25) is 0 Å². The molecule has 0 aliphatic heterocycles. The zero-order chi connectivity index (χ0) is 12.5. The Labute approximate surface area is 108 Å². The summed E-state index contributed by atoms with van der Waals surface area (Å²) in [5.41, 5.74) is 7.14. The van der Waals surface area contributed by atoms with Crippen molar-refractivity contribution in [3.63, 3.8) is 0 Å². The number of anilines is 2. The normalized spacial score (nSPS) is 16.9. The average Bonchev–Trinajstić information content (AvgIpc) is 3.03. The number of aliphatic hydroxyl groups excluding tert-OH is 1. The van der Waals surface area contributed by atoms with E-state index < -0.39 is 0 Å². The van der Waals surface area contributed by atoms with E-state index in [1.165, 1.54) is 6.07 Å². The zero-order valence-electron chi connectivity index (χ0n) is 9.47. The smallest absolute Gasteiger partial charge is 0.139 e. The lowest BCUT2D eigenvalue weighted by molar-refractivity contribution is 0.253. The molecule has 1 fully saturated rings. The highest BCUT2D eigenvalue weighted by atomic mass is 79.9. The molecule has 0 radical (unpaired) electrons. The lowest BCUT2D eigenvalue weighted by atomic mass is 10.0. The van der Waals surface area contributed by atoms with Crippen LogP contribution in [0.3, 0.4) is 0 Å². The van der Waals surface area contributed by atoms with Crippen LogP contribution in [-0.2, 0) is 0 Å². The Morgan fingerprint density at radius 3 is 2.76 bits per heavy atom. The van der Waals surface area contributed by atoms with Crippen LogP contribution in [0.25, 0.3) is 0 Å². The van der Waals surface area contributed by atoms with Gasteiger partial charge in [0.05, 0.1) is 15.8 Å². The van der Waals surface area contributed by atoms with E-state index in [2.05, 4.69) is 21.2 Å². The van der Waals surface area contributed by atoms with Crippen LogP contribution in [0.4, 0.5) is 15.8 Å². The minimum absolute atomic E-state index is 0.185. The number of aliphatic hydroxyl groups is 1. The fourth-order valence-electron chi connectivity index (χ4n) is 1.93. The first kappa shape index (κ1) is 12.6. The molecule has 0 amide bonds. The first-order chi connectivity index (χ1) is 8.06. The molecule has 5 heteroatoms. The van der Waals surface area contributed by atoms with Crippen molar-refractivity contribution in [3.8, 4) is 0 Å². The number of nitrogen functional groups attached to an aromatic ring is 1. The zero-order valence-corrected chi connectivity index (χ0v) is 11.1. The van der Waals surface area contributed by atoms with Crippen molar-refractivity contribution >= 4 is 27.3 Å². The van der Waals surface area contributed by atoms with Gasteiger partial charge in [0, 0.05) is 19.2 Å². The Hall–Kier alpha value is -0.810. The summed E-state index contributed by atoms with van der Waals surface area (Å²) < 4.78 is 13.7. The highest BCUT2D eigenvalue weighted by Crippen LogP contribution is 2.48. The van der Waals surface area contributed by atoms with E-state index in [4.69, 9.17) is 10.8 Å². The van der Waals surface area contributed by atoms with Gasteiger partial charge in [-0.3, -0.25) is 0 Å². The summed E-state index contributed by atoms with van der Waals surface area (Å²) in [5.74, 6) is -0.325. The lowest BCUT2D eigenvalue weighted by Crippen LogP contribution is -2.17. The molecule has 1 aromatic carbocycles. The third kappa shape index (κ3) is 2.90. The molecule has 17 heavy (non-hydrogen) atoms. The van der Waals surface area contributed by atoms with Crippen molar-refractivity contribution in [2.75, 3.05) is 24.2 Å². The van der Waals surface area contributed by atoms with Crippen LogP contribution in [0, 0.1) is 11.2 Å². The Morgan fingerprint density at radius 1 is 1.47 bits per heavy atom. The van der Waals surface area contributed by atoms with Gasteiger partial charge in [0.25, 0.3) is 0 Å². The number of hydrogen-bond acceptors (Lipinski definition) is 3. The first-order valence-corrected chi connectivity index (χ1v) is 6.45. The van der Waals surface area contributed by atoms with E-state index in [-0.39, 0.29) is 17.8 Å². The maximum atomic E-state index is 13.4. The molecule has 2 rings (SSSR count). The molecule has 1 aromatic rings. The quantitative estimate of drug-likeness (QED) is 0.733. The molecular weight excluding hydrogens is 287 g/mol. The fraction of sp³-hybridized carbons (Fsp3) is 0.500. The Morgan fingerprint density at radius 2 is 2.18 bits per heavy atom. The molecule has 0 atom stereocenters. The van der Waals surface area contributed by atoms with Crippen LogP contribution < -0.4 is 11.1 Å².